The van der Waals surface area contributed by atoms with Crippen LogP contribution >= 0.6 is 34.9 Å². The van der Waals surface area contributed by atoms with Gasteiger partial charge in [-0.05, 0) is 35.9 Å². The van der Waals surface area contributed by atoms with Crippen molar-refractivity contribution >= 4 is 50.9 Å². The second-order valence-corrected chi connectivity index (χ2v) is 9.45. The number of para-hydroxylation sites is 1. The van der Waals surface area contributed by atoms with Gasteiger partial charge in [0.2, 0.25) is 0 Å². The molecule has 1 aliphatic rings. The molecule has 0 bridgehead atoms. The number of benzene rings is 1. The Labute approximate surface area is 186 Å². The molecule has 3 aromatic heterocycles. The molecule has 0 amide bonds. The molecule has 30 heavy (non-hydrogen) atoms. The maximum absolute atomic E-state index is 6.30. The lowest BCUT2D eigenvalue weighted by atomic mass is 10.3. The van der Waals surface area contributed by atoms with Crippen molar-refractivity contribution in [2.75, 3.05) is 4.90 Å². The Morgan fingerprint density at radius 2 is 2.00 bits per heavy atom. The number of nitrogens with two attached hydrogens (primary N) is 1. The molecule has 1 aromatic carbocycles. The van der Waals surface area contributed by atoms with Crippen molar-refractivity contribution in [1.82, 2.24) is 15.0 Å². The zero-order chi connectivity index (χ0) is 20.5. The van der Waals surface area contributed by atoms with Crippen molar-refractivity contribution in [2.24, 2.45) is 5.73 Å². The number of thiophene rings is 1. The van der Waals surface area contributed by atoms with E-state index in [1.165, 1.54) is 0 Å². The first kappa shape index (κ1) is 19.4. The molecule has 0 aliphatic carbocycles. The van der Waals surface area contributed by atoms with Gasteiger partial charge in [-0.1, -0.05) is 41.7 Å². The molecular weight excluding hydrogens is 434 g/mol. The van der Waals surface area contributed by atoms with Crippen LogP contribution in [0.1, 0.15) is 6.92 Å². The fourth-order valence-electron chi connectivity index (χ4n) is 3.07. The van der Waals surface area contributed by atoms with E-state index >= 15 is 0 Å². The maximum Gasteiger partial charge on any atom is 0.178 e. The minimum atomic E-state index is -0.235. The summed E-state index contributed by atoms with van der Waals surface area (Å²) in [5.74, 6) is 2.08. The van der Waals surface area contributed by atoms with Crippen LogP contribution < -0.4 is 15.4 Å². The van der Waals surface area contributed by atoms with Gasteiger partial charge in [0.1, 0.15) is 22.6 Å². The monoisotopic (exact) mass is 451 g/mol. The highest BCUT2D eigenvalue weighted by Crippen LogP contribution is 2.42. The highest BCUT2D eigenvalue weighted by atomic mass is 32.2. The summed E-state index contributed by atoms with van der Waals surface area (Å²) in [5.41, 5.74) is 8.05. The maximum atomic E-state index is 6.30. The first-order valence-electron chi connectivity index (χ1n) is 9.15. The number of aromatic nitrogens is 3. The number of pyridine rings is 1. The van der Waals surface area contributed by atoms with Gasteiger partial charge in [0, 0.05) is 22.9 Å². The fourth-order valence-corrected chi connectivity index (χ4v) is 5.70. The van der Waals surface area contributed by atoms with Crippen LogP contribution in [0.5, 0.6) is 11.5 Å². The van der Waals surface area contributed by atoms with E-state index in [9.17, 15) is 0 Å². The average molecular weight is 452 g/mol. The van der Waals surface area contributed by atoms with Gasteiger partial charge in [0.15, 0.2) is 11.6 Å². The molecule has 1 atom stereocenters. The molecule has 4 heterocycles. The molecular formula is C21H17N5OS3. The number of allylic oxidation sites excluding steroid dienone is 1. The van der Waals surface area contributed by atoms with Gasteiger partial charge < -0.3 is 15.4 Å². The first-order chi connectivity index (χ1) is 14.7. The molecule has 0 fully saturated rings. The van der Waals surface area contributed by atoms with E-state index in [0.717, 1.165) is 31.6 Å². The van der Waals surface area contributed by atoms with Gasteiger partial charge in [-0.2, -0.15) is 0 Å². The third kappa shape index (κ3) is 3.77. The molecule has 0 saturated heterocycles. The van der Waals surface area contributed by atoms with Crippen molar-refractivity contribution in [3.8, 4) is 11.5 Å². The second kappa shape index (κ2) is 8.27. The van der Waals surface area contributed by atoms with E-state index in [2.05, 4.69) is 9.97 Å². The third-order valence-electron chi connectivity index (χ3n) is 4.44. The Balaban J connectivity index is 1.54. The molecule has 0 radical (unpaired) electrons. The van der Waals surface area contributed by atoms with E-state index < -0.39 is 0 Å². The number of nitrogens with zero attached hydrogens (tertiary/aromatic N) is 4. The quantitative estimate of drug-likeness (QED) is 0.388. The largest absolute Gasteiger partial charge is 0.453 e. The highest BCUT2D eigenvalue weighted by Gasteiger charge is 2.27. The molecule has 4 aromatic rings. The summed E-state index contributed by atoms with van der Waals surface area (Å²) in [4.78, 5) is 16.4. The Bertz CT molecular complexity index is 1230. The second-order valence-electron chi connectivity index (χ2n) is 6.48. The number of anilines is 1. The smallest absolute Gasteiger partial charge is 0.178 e. The summed E-state index contributed by atoms with van der Waals surface area (Å²) >= 11 is 4.74. The van der Waals surface area contributed by atoms with Crippen molar-refractivity contribution in [3.63, 3.8) is 0 Å². The van der Waals surface area contributed by atoms with Crippen LogP contribution in [0.15, 0.2) is 81.4 Å². The lowest BCUT2D eigenvalue weighted by Gasteiger charge is -2.26. The van der Waals surface area contributed by atoms with Gasteiger partial charge in [-0.15, -0.1) is 11.3 Å². The summed E-state index contributed by atoms with van der Waals surface area (Å²) in [6.07, 6.45) is 3.43. The molecule has 0 spiro atoms. The summed E-state index contributed by atoms with van der Waals surface area (Å²) < 4.78 is 7.29. The van der Waals surface area contributed by atoms with Crippen molar-refractivity contribution in [1.29, 1.82) is 0 Å². The van der Waals surface area contributed by atoms with Crippen molar-refractivity contribution < 1.29 is 4.74 Å². The highest BCUT2D eigenvalue weighted by molar-refractivity contribution is 8.03. The van der Waals surface area contributed by atoms with E-state index in [-0.39, 0.29) is 5.50 Å². The fraction of sp³-hybridized carbons (Fsp3) is 0.0952. The van der Waals surface area contributed by atoms with Crippen LogP contribution in [0.3, 0.4) is 0 Å². The van der Waals surface area contributed by atoms with Crippen LogP contribution in [0, 0.1) is 0 Å². The molecule has 6 nitrogen and oxygen atoms in total. The minimum Gasteiger partial charge on any atom is -0.453 e. The predicted molar refractivity (Wildman–Crippen MR) is 124 cm³/mol. The van der Waals surface area contributed by atoms with E-state index in [4.69, 9.17) is 15.5 Å². The molecule has 2 N–H and O–H groups in total. The van der Waals surface area contributed by atoms with E-state index in [1.54, 1.807) is 41.2 Å². The number of thioether (sulfide) groups is 1. The van der Waals surface area contributed by atoms with Gasteiger partial charge in [-0.25, -0.2) is 15.0 Å². The number of fused-ring (bicyclic) bond motifs is 1. The molecule has 1 aliphatic heterocycles. The Morgan fingerprint density at radius 3 is 2.80 bits per heavy atom. The first-order valence-corrected chi connectivity index (χ1v) is 11.8. The normalized spacial score (nSPS) is 16.1. The molecule has 5 rings (SSSR count). The van der Waals surface area contributed by atoms with Crippen LogP contribution in [-0.2, 0) is 0 Å². The number of rotatable bonds is 5. The lowest BCUT2D eigenvalue weighted by molar-refractivity contribution is 0.478. The van der Waals surface area contributed by atoms with Crippen LogP contribution in [0.2, 0.25) is 0 Å². The van der Waals surface area contributed by atoms with Crippen LogP contribution in [-0.4, -0.2) is 20.4 Å². The molecule has 0 saturated carbocycles. The Morgan fingerprint density at radius 1 is 1.13 bits per heavy atom. The van der Waals surface area contributed by atoms with Crippen molar-refractivity contribution in [2.45, 2.75) is 22.3 Å². The van der Waals surface area contributed by atoms with Crippen LogP contribution in [0.25, 0.3) is 10.2 Å². The molecule has 150 valence electrons. The third-order valence-corrected chi connectivity index (χ3v) is 7.41. The zero-order valence-corrected chi connectivity index (χ0v) is 18.4. The summed E-state index contributed by atoms with van der Waals surface area (Å²) in [6.45, 7) is 2.02. The summed E-state index contributed by atoms with van der Waals surface area (Å²) in [6, 6.07) is 13.7. The molecule has 1 unspecified atom stereocenters. The van der Waals surface area contributed by atoms with E-state index in [1.807, 2.05) is 71.3 Å². The van der Waals surface area contributed by atoms with Gasteiger partial charge in [0.25, 0.3) is 0 Å². The predicted octanol–water partition coefficient (Wildman–Crippen LogP) is 5.69. The minimum absolute atomic E-state index is 0.235. The van der Waals surface area contributed by atoms with E-state index in [0.29, 0.717) is 11.6 Å². The summed E-state index contributed by atoms with van der Waals surface area (Å²) in [7, 11) is 0. The average Bonchev–Trinajstić information content (AvgIpc) is 3.37. The Hall–Kier alpha value is -2.59. The lowest BCUT2D eigenvalue weighted by Crippen LogP contribution is -2.35. The van der Waals surface area contributed by atoms with Crippen molar-refractivity contribution in [3.05, 3.63) is 71.5 Å². The van der Waals surface area contributed by atoms with Crippen LogP contribution in [0.4, 0.5) is 5.82 Å². The molecule has 9 heteroatoms. The summed E-state index contributed by atoms with van der Waals surface area (Å²) in [5, 5.41) is 4.96. The number of ether oxygens (including phenoxy) is 1. The van der Waals surface area contributed by atoms with Gasteiger partial charge >= 0.3 is 0 Å². The topological polar surface area (TPSA) is 77.2 Å². The van der Waals surface area contributed by atoms with Gasteiger partial charge in [0.05, 0.1) is 10.2 Å². The zero-order valence-electron chi connectivity index (χ0n) is 15.9. The Kier molecular flexibility index (Phi) is 5.34. The SMILES string of the molecule is CC1=CSC(N)N1c1ncc(Sc2ncnc3ccsc23)cc1Oc1ccccc1. The standard InChI is InChI=1S/C21H17N5OS3/c1-13-11-29-21(22)26(13)19-17(27-14-5-3-2-4-6-14)9-15(10-23-19)30-20-18-16(7-8-28-18)24-12-25-20/h2-12,21H,22H2,1H3. The number of hydrogen-bond acceptors (Lipinski definition) is 9. The van der Waals surface area contributed by atoms with Gasteiger partial charge in [-0.3, -0.25) is 0 Å². The number of hydrogen-bond donors (Lipinski definition) is 1.